The predicted octanol–water partition coefficient (Wildman–Crippen LogP) is 2.43. The lowest BCUT2D eigenvalue weighted by Crippen LogP contribution is -2.35. The van der Waals surface area contributed by atoms with Gasteiger partial charge in [0.15, 0.2) is 5.76 Å². The van der Waals surface area contributed by atoms with Crippen molar-refractivity contribution < 1.29 is 14.0 Å². The number of hydrogen-bond donors (Lipinski definition) is 2. The molecule has 0 bridgehead atoms. The summed E-state index contributed by atoms with van der Waals surface area (Å²) in [7, 11) is 0. The Bertz CT molecular complexity index is 794. The summed E-state index contributed by atoms with van der Waals surface area (Å²) in [4.78, 5) is 23.5. The van der Waals surface area contributed by atoms with Gasteiger partial charge in [-0.1, -0.05) is 12.1 Å². The maximum Gasteiger partial charge on any atom is 0.287 e. The number of fused-ring (bicyclic) bond motifs is 1. The van der Waals surface area contributed by atoms with E-state index in [1.54, 1.807) is 6.07 Å². The number of nitrogens with one attached hydrogen (secondary N) is 2. The molecule has 3 rings (SSSR count). The molecular formula is C19H21N3O3. The molecule has 6 heteroatoms. The topological polar surface area (TPSA) is 83.7 Å². The Labute approximate surface area is 146 Å². The maximum absolute atomic E-state index is 11.8. The molecular weight excluding hydrogens is 318 g/mol. The molecule has 1 aliphatic rings. The molecule has 6 nitrogen and oxygen atoms in total. The number of furan rings is 1. The molecule has 2 aromatic rings. The van der Waals surface area contributed by atoms with E-state index in [4.69, 9.17) is 4.42 Å². The summed E-state index contributed by atoms with van der Waals surface area (Å²) >= 11 is 0. The second-order valence-corrected chi connectivity index (χ2v) is 6.08. The summed E-state index contributed by atoms with van der Waals surface area (Å²) in [6.45, 7) is 1.69. The molecule has 0 aliphatic heterocycles. The average Bonchev–Trinajstić information content (AvgIpc) is 3.18. The highest BCUT2D eigenvalue weighted by atomic mass is 16.3. The first kappa shape index (κ1) is 17.0. The van der Waals surface area contributed by atoms with E-state index in [-0.39, 0.29) is 12.3 Å². The number of hydrazone groups is 1. The van der Waals surface area contributed by atoms with E-state index in [2.05, 4.69) is 28.0 Å². The molecule has 0 saturated heterocycles. The molecule has 1 aromatic heterocycles. The number of aryl methyl sites for hydroxylation is 2. The number of amides is 2. The van der Waals surface area contributed by atoms with Gasteiger partial charge in [0.25, 0.3) is 11.8 Å². The van der Waals surface area contributed by atoms with Crippen LogP contribution in [-0.2, 0) is 17.6 Å². The van der Waals surface area contributed by atoms with Crippen LogP contribution in [0.1, 0.15) is 47.0 Å². The number of benzene rings is 1. The highest BCUT2D eigenvalue weighted by Crippen LogP contribution is 2.22. The normalized spacial score (nSPS) is 13.9. The minimum atomic E-state index is -0.435. The third-order valence-corrected chi connectivity index (χ3v) is 4.27. The zero-order valence-electron chi connectivity index (χ0n) is 14.2. The second-order valence-electron chi connectivity index (χ2n) is 6.08. The van der Waals surface area contributed by atoms with Crippen LogP contribution in [0.4, 0.5) is 0 Å². The number of carbonyl (C=O) groups is 2. The van der Waals surface area contributed by atoms with Crippen LogP contribution in [0.25, 0.3) is 0 Å². The molecule has 1 heterocycles. The Hall–Kier alpha value is -2.89. The summed E-state index contributed by atoms with van der Waals surface area (Å²) in [5, 5.41) is 6.60. The van der Waals surface area contributed by atoms with Gasteiger partial charge in [0.1, 0.15) is 0 Å². The van der Waals surface area contributed by atoms with Crippen LogP contribution in [0.3, 0.4) is 0 Å². The number of hydrogen-bond acceptors (Lipinski definition) is 4. The highest BCUT2D eigenvalue weighted by molar-refractivity contribution is 6.00. The minimum Gasteiger partial charge on any atom is -0.459 e. The fourth-order valence-corrected chi connectivity index (χ4v) is 2.86. The van der Waals surface area contributed by atoms with E-state index in [1.165, 1.54) is 36.3 Å². The van der Waals surface area contributed by atoms with Crippen molar-refractivity contribution in [2.75, 3.05) is 6.54 Å². The van der Waals surface area contributed by atoms with Crippen LogP contribution < -0.4 is 10.7 Å². The van der Waals surface area contributed by atoms with Gasteiger partial charge in [0.05, 0.1) is 18.5 Å². The molecule has 1 aromatic carbocycles. The lowest BCUT2D eigenvalue weighted by molar-refractivity contribution is -0.120. The quantitative estimate of drug-likeness (QED) is 0.648. The van der Waals surface area contributed by atoms with Gasteiger partial charge in [-0.25, -0.2) is 5.43 Å². The summed E-state index contributed by atoms with van der Waals surface area (Å²) in [6.07, 6.45) is 6.11. The molecule has 0 unspecified atom stereocenters. The van der Waals surface area contributed by atoms with Gasteiger partial charge in [-0.05, 0) is 67.5 Å². The SMILES string of the molecule is C/C(=N/NC(=O)CNC(=O)c1ccco1)c1ccc2c(c1)CCCC2. The summed E-state index contributed by atoms with van der Waals surface area (Å²) in [6, 6.07) is 9.48. The van der Waals surface area contributed by atoms with Crippen LogP contribution in [0, 0.1) is 0 Å². The maximum atomic E-state index is 11.8. The first-order chi connectivity index (χ1) is 12.1. The van der Waals surface area contributed by atoms with E-state index >= 15 is 0 Å². The van der Waals surface area contributed by atoms with Gasteiger partial charge in [-0.15, -0.1) is 0 Å². The lowest BCUT2D eigenvalue weighted by atomic mass is 9.90. The van der Waals surface area contributed by atoms with Gasteiger partial charge >= 0.3 is 0 Å². The number of nitrogens with zero attached hydrogens (tertiary/aromatic N) is 1. The van der Waals surface area contributed by atoms with Crippen molar-refractivity contribution in [1.82, 2.24) is 10.7 Å². The zero-order valence-corrected chi connectivity index (χ0v) is 14.2. The molecule has 0 radical (unpaired) electrons. The molecule has 2 amide bonds. The Morgan fingerprint density at radius 1 is 1.16 bits per heavy atom. The molecule has 1 aliphatic carbocycles. The van der Waals surface area contributed by atoms with Crippen molar-refractivity contribution in [1.29, 1.82) is 0 Å². The van der Waals surface area contributed by atoms with Crippen molar-refractivity contribution in [3.05, 3.63) is 59.0 Å². The van der Waals surface area contributed by atoms with Crippen molar-refractivity contribution >= 4 is 17.5 Å². The lowest BCUT2D eigenvalue weighted by Gasteiger charge is -2.16. The van der Waals surface area contributed by atoms with E-state index in [0.717, 1.165) is 24.1 Å². The first-order valence-electron chi connectivity index (χ1n) is 8.40. The smallest absolute Gasteiger partial charge is 0.287 e. The highest BCUT2D eigenvalue weighted by Gasteiger charge is 2.12. The molecule has 25 heavy (non-hydrogen) atoms. The van der Waals surface area contributed by atoms with Crippen LogP contribution in [0.5, 0.6) is 0 Å². The second kappa shape index (κ2) is 7.79. The van der Waals surface area contributed by atoms with E-state index in [0.29, 0.717) is 0 Å². The molecule has 2 N–H and O–H groups in total. The summed E-state index contributed by atoms with van der Waals surface area (Å²) in [5.74, 6) is -0.658. The molecule has 0 spiro atoms. The number of rotatable bonds is 5. The Morgan fingerprint density at radius 3 is 2.72 bits per heavy atom. The number of carbonyl (C=O) groups excluding carboxylic acids is 2. The molecule has 0 atom stereocenters. The standard InChI is InChI=1S/C19H21N3O3/c1-13(15-9-8-14-5-2-3-6-16(14)11-15)21-22-18(23)12-20-19(24)17-7-4-10-25-17/h4,7-11H,2-3,5-6,12H2,1H3,(H,20,24)(H,22,23)/b21-13-. The predicted molar refractivity (Wildman–Crippen MR) is 94.5 cm³/mol. The monoisotopic (exact) mass is 339 g/mol. The minimum absolute atomic E-state index is 0.166. The van der Waals surface area contributed by atoms with Crippen LogP contribution in [0.2, 0.25) is 0 Å². The molecule has 0 saturated carbocycles. The third-order valence-electron chi connectivity index (χ3n) is 4.27. The van der Waals surface area contributed by atoms with Gasteiger partial charge in [0, 0.05) is 0 Å². The van der Waals surface area contributed by atoms with E-state index < -0.39 is 11.8 Å². The fraction of sp³-hybridized carbons (Fsp3) is 0.316. The Balaban J connectivity index is 1.54. The van der Waals surface area contributed by atoms with Gasteiger partial charge in [-0.2, -0.15) is 5.10 Å². The first-order valence-corrected chi connectivity index (χ1v) is 8.40. The van der Waals surface area contributed by atoms with E-state index in [9.17, 15) is 9.59 Å². The van der Waals surface area contributed by atoms with Crippen molar-refractivity contribution in [2.24, 2.45) is 5.10 Å². The Kier molecular flexibility index (Phi) is 5.28. The van der Waals surface area contributed by atoms with Gasteiger partial charge in [0.2, 0.25) is 0 Å². The van der Waals surface area contributed by atoms with Crippen molar-refractivity contribution in [3.8, 4) is 0 Å². The van der Waals surface area contributed by atoms with Crippen LogP contribution >= 0.6 is 0 Å². The molecule has 130 valence electrons. The van der Waals surface area contributed by atoms with Crippen molar-refractivity contribution in [3.63, 3.8) is 0 Å². The zero-order chi connectivity index (χ0) is 17.6. The Morgan fingerprint density at radius 2 is 1.96 bits per heavy atom. The summed E-state index contributed by atoms with van der Waals surface area (Å²) < 4.78 is 4.96. The van der Waals surface area contributed by atoms with Gasteiger partial charge < -0.3 is 9.73 Å². The molecule has 0 fully saturated rings. The van der Waals surface area contributed by atoms with Crippen LogP contribution in [-0.4, -0.2) is 24.1 Å². The largest absolute Gasteiger partial charge is 0.459 e. The average molecular weight is 339 g/mol. The van der Waals surface area contributed by atoms with Crippen LogP contribution in [0.15, 0.2) is 46.1 Å². The van der Waals surface area contributed by atoms with E-state index in [1.807, 2.05) is 13.0 Å². The third kappa shape index (κ3) is 4.35. The fourth-order valence-electron chi connectivity index (χ4n) is 2.86. The van der Waals surface area contributed by atoms with Gasteiger partial charge in [-0.3, -0.25) is 9.59 Å². The van der Waals surface area contributed by atoms with Crippen molar-refractivity contribution in [2.45, 2.75) is 32.6 Å². The summed E-state index contributed by atoms with van der Waals surface area (Å²) in [5.41, 5.74) is 6.98.